The molecule has 2 nitrogen and oxygen atoms in total. The SMILES string of the molecule is C[C@@H](c1cccc2ccccc12)N1CN(C(c2ccccc2)c2ccccc2)Cc2ccccc21. The largest absolute Gasteiger partial charge is 0.351 e. The average Bonchev–Trinajstić information content (AvgIpc) is 2.93. The van der Waals surface area contributed by atoms with E-state index in [4.69, 9.17) is 0 Å². The monoisotopic (exact) mass is 454 g/mol. The van der Waals surface area contributed by atoms with Crippen LogP contribution in [0.1, 0.15) is 41.3 Å². The molecular weight excluding hydrogens is 424 g/mol. The Bertz CT molecular complexity index is 1380. The van der Waals surface area contributed by atoms with Crippen LogP contribution in [0.5, 0.6) is 0 Å². The molecule has 2 heteroatoms. The Morgan fingerprint density at radius 3 is 1.94 bits per heavy atom. The molecule has 5 aromatic carbocycles. The predicted molar refractivity (Wildman–Crippen MR) is 146 cm³/mol. The summed E-state index contributed by atoms with van der Waals surface area (Å²) in [6.45, 7) is 4.13. The summed E-state index contributed by atoms with van der Waals surface area (Å²) in [7, 11) is 0. The maximum Gasteiger partial charge on any atom is 0.0724 e. The molecule has 1 heterocycles. The van der Waals surface area contributed by atoms with Crippen LogP contribution in [0.2, 0.25) is 0 Å². The van der Waals surface area contributed by atoms with Crippen LogP contribution in [-0.4, -0.2) is 11.6 Å². The van der Waals surface area contributed by atoms with Crippen molar-refractivity contribution in [3.05, 3.63) is 150 Å². The molecule has 0 bridgehead atoms. The molecule has 1 atom stereocenters. The van der Waals surface area contributed by atoms with Crippen molar-refractivity contribution in [2.75, 3.05) is 11.6 Å². The third kappa shape index (κ3) is 4.11. The van der Waals surface area contributed by atoms with Gasteiger partial charge < -0.3 is 4.90 Å². The summed E-state index contributed by atoms with van der Waals surface area (Å²) in [5.41, 5.74) is 6.74. The maximum absolute atomic E-state index is 2.62. The lowest BCUT2D eigenvalue weighted by molar-refractivity contribution is 0.199. The Kier molecular flexibility index (Phi) is 5.81. The molecule has 0 spiro atoms. The van der Waals surface area contributed by atoms with Gasteiger partial charge in [0.15, 0.2) is 0 Å². The molecule has 0 saturated heterocycles. The highest BCUT2D eigenvalue weighted by atomic mass is 15.4. The van der Waals surface area contributed by atoms with Crippen molar-refractivity contribution in [2.24, 2.45) is 0 Å². The smallest absolute Gasteiger partial charge is 0.0724 e. The van der Waals surface area contributed by atoms with Gasteiger partial charge in [-0.1, -0.05) is 121 Å². The van der Waals surface area contributed by atoms with Gasteiger partial charge in [-0.25, -0.2) is 0 Å². The first-order valence-corrected chi connectivity index (χ1v) is 12.5. The van der Waals surface area contributed by atoms with Gasteiger partial charge in [-0.2, -0.15) is 0 Å². The molecule has 0 fully saturated rings. The van der Waals surface area contributed by atoms with Gasteiger partial charge in [-0.3, -0.25) is 4.90 Å². The molecule has 0 saturated carbocycles. The fraction of sp³-hybridized carbons (Fsp3) is 0.152. The number of anilines is 1. The van der Waals surface area contributed by atoms with E-state index in [2.05, 4.69) is 144 Å². The molecule has 1 aliphatic heterocycles. The van der Waals surface area contributed by atoms with Crippen LogP contribution in [0.4, 0.5) is 5.69 Å². The van der Waals surface area contributed by atoms with E-state index in [0.29, 0.717) is 0 Å². The number of nitrogens with zero attached hydrogens (tertiary/aromatic N) is 2. The zero-order valence-electron chi connectivity index (χ0n) is 20.1. The lowest BCUT2D eigenvalue weighted by Gasteiger charge is -2.45. The van der Waals surface area contributed by atoms with Crippen molar-refractivity contribution in [3.63, 3.8) is 0 Å². The van der Waals surface area contributed by atoms with Crippen LogP contribution in [0, 0.1) is 0 Å². The Hall–Kier alpha value is -3.88. The summed E-state index contributed by atoms with van der Waals surface area (Å²) in [6, 6.07) is 46.6. The highest BCUT2D eigenvalue weighted by molar-refractivity contribution is 5.86. The van der Waals surface area contributed by atoms with Crippen molar-refractivity contribution < 1.29 is 0 Å². The minimum Gasteiger partial charge on any atom is -0.351 e. The molecule has 5 aromatic rings. The summed E-state index contributed by atoms with van der Waals surface area (Å²) in [5, 5.41) is 2.63. The Morgan fingerprint density at radius 1 is 0.600 bits per heavy atom. The number of benzene rings is 5. The first kappa shape index (κ1) is 21.6. The van der Waals surface area contributed by atoms with Gasteiger partial charge in [0.25, 0.3) is 0 Å². The summed E-state index contributed by atoms with van der Waals surface area (Å²) >= 11 is 0. The van der Waals surface area contributed by atoms with Gasteiger partial charge in [0.2, 0.25) is 0 Å². The molecule has 1 aliphatic rings. The minimum absolute atomic E-state index is 0.188. The number of fused-ring (bicyclic) bond motifs is 2. The van der Waals surface area contributed by atoms with E-state index in [1.165, 1.54) is 38.7 Å². The standard InChI is InChI=1S/C33H30N2/c1-25(30-21-12-19-26-13-8-10-20-31(26)30)35-24-34(23-29-18-9-11-22-32(29)35)33(27-14-4-2-5-15-27)28-16-6-3-7-17-28/h2-22,25,33H,23-24H2,1H3/t25-/m0/s1. The van der Waals surface area contributed by atoms with Gasteiger partial charge >= 0.3 is 0 Å². The highest BCUT2D eigenvalue weighted by Gasteiger charge is 2.32. The fourth-order valence-corrected chi connectivity index (χ4v) is 5.64. The molecule has 0 aliphatic carbocycles. The predicted octanol–water partition coefficient (Wildman–Crippen LogP) is 7.97. The number of hydrogen-bond acceptors (Lipinski definition) is 2. The highest BCUT2D eigenvalue weighted by Crippen LogP contribution is 2.40. The molecular formula is C33H30N2. The Morgan fingerprint density at radius 2 is 1.20 bits per heavy atom. The summed E-state index contributed by atoms with van der Waals surface area (Å²) in [6.07, 6.45) is 0. The second-order valence-corrected chi connectivity index (χ2v) is 9.46. The molecule has 35 heavy (non-hydrogen) atoms. The first-order valence-electron chi connectivity index (χ1n) is 12.5. The molecule has 0 N–H and O–H groups in total. The van der Waals surface area contributed by atoms with Crippen molar-refractivity contribution in [3.8, 4) is 0 Å². The molecule has 172 valence electrons. The molecule has 0 aromatic heterocycles. The normalized spacial score (nSPS) is 14.7. The zero-order chi connectivity index (χ0) is 23.6. The van der Waals surface area contributed by atoms with Gasteiger partial charge in [-0.15, -0.1) is 0 Å². The maximum atomic E-state index is 2.62. The van der Waals surface area contributed by atoms with Crippen LogP contribution < -0.4 is 4.90 Å². The lowest BCUT2D eigenvalue weighted by atomic mass is 9.94. The first-order chi connectivity index (χ1) is 17.3. The van der Waals surface area contributed by atoms with E-state index in [-0.39, 0.29) is 12.1 Å². The summed E-state index contributed by atoms with van der Waals surface area (Å²) < 4.78 is 0. The van der Waals surface area contributed by atoms with Gasteiger partial charge in [0, 0.05) is 12.2 Å². The lowest BCUT2D eigenvalue weighted by Crippen LogP contribution is -2.45. The van der Waals surface area contributed by atoms with Crippen LogP contribution in [0.3, 0.4) is 0 Å². The Balaban J connectivity index is 1.45. The van der Waals surface area contributed by atoms with Crippen molar-refractivity contribution in [1.29, 1.82) is 0 Å². The van der Waals surface area contributed by atoms with Gasteiger partial charge in [0.05, 0.1) is 18.8 Å². The van der Waals surface area contributed by atoms with Gasteiger partial charge in [0.1, 0.15) is 0 Å². The summed E-state index contributed by atoms with van der Waals surface area (Å²) in [5.74, 6) is 0. The van der Waals surface area contributed by atoms with Crippen LogP contribution in [0.15, 0.2) is 127 Å². The van der Waals surface area contributed by atoms with Crippen LogP contribution in [0.25, 0.3) is 10.8 Å². The minimum atomic E-state index is 0.188. The van der Waals surface area contributed by atoms with Crippen molar-refractivity contribution >= 4 is 16.5 Å². The number of para-hydroxylation sites is 1. The Labute approximate surface area is 208 Å². The van der Waals surface area contributed by atoms with E-state index in [9.17, 15) is 0 Å². The van der Waals surface area contributed by atoms with E-state index in [1.807, 2.05) is 0 Å². The van der Waals surface area contributed by atoms with E-state index in [1.54, 1.807) is 0 Å². The molecule has 6 rings (SSSR count). The van der Waals surface area contributed by atoms with E-state index in [0.717, 1.165) is 13.2 Å². The average molecular weight is 455 g/mol. The topological polar surface area (TPSA) is 6.48 Å². The van der Waals surface area contributed by atoms with E-state index >= 15 is 0 Å². The number of hydrogen-bond donors (Lipinski definition) is 0. The molecule has 0 radical (unpaired) electrons. The van der Waals surface area contributed by atoms with Crippen LogP contribution in [-0.2, 0) is 6.54 Å². The zero-order valence-corrected chi connectivity index (χ0v) is 20.1. The summed E-state index contributed by atoms with van der Waals surface area (Å²) in [4.78, 5) is 5.20. The second-order valence-electron chi connectivity index (χ2n) is 9.46. The molecule has 0 amide bonds. The number of rotatable bonds is 5. The van der Waals surface area contributed by atoms with E-state index < -0.39 is 0 Å². The molecule has 0 unspecified atom stereocenters. The van der Waals surface area contributed by atoms with Crippen molar-refractivity contribution in [1.82, 2.24) is 4.90 Å². The fourth-order valence-electron chi connectivity index (χ4n) is 5.64. The second kappa shape index (κ2) is 9.40. The van der Waals surface area contributed by atoms with Crippen molar-refractivity contribution in [2.45, 2.75) is 25.6 Å². The third-order valence-corrected chi connectivity index (χ3v) is 7.35. The quantitative estimate of drug-likeness (QED) is 0.266. The van der Waals surface area contributed by atoms with Crippen LogP contribution >= 0.6 is 0 Å². The third-order valence-electron chi connectivity index (χ3n) is 7.35. The van der Waals surface area contributed by atoms with Gasteiger partial charge in [-0.05, 0) is 46.0 Å².